The van der Waals surface area contributed by atoms with E-state index in [1.807, 2.05) is 49.5 Å². The summed E-state index contributed by atoms with van der Waals surface area (Å²) in [6.45, 7) is 3.47. The van der Waals surface area contributed by atoms with Gasteiger partial charge in [-0.3, -0.25) is 19.0 Å². The molecule has 10 heteroatoms. The lowest BCUT2D eigenvalue weighted by Crippen LogP contribution is -2.36. The van der Waals surface area contributed by atoms with Crippen molar-refractivity contribution in [2.24, 2.45) is 0 Å². The van der Waals surface area contributed by atoms with Crippen molar-refractivity contribution in [2.45, 2.75) is 39.1 Å². The number of fused-ring (bicyclic) bond motifs is 1. The number of benzene rings is 1. The first-order valence-corrected chi connectivity index (χ1v) is 11.4. The second kappa shape index (κ2) is 10.8. The van der Waals surface area contributed by atoms with Crippen LogP contribution in [0, 0.1) is 0 Å². The third kappa shape index (κ3) is 5.90. The zero-order valence-corrected chi connectivity index (χ0v) is 19.1. The maximum atomic E-state index is 12.3. The van der Waals surface area contributed by atoms with Gasteiger partial charge in [-0.1, -0.05) is 18.2 Å². The summed E-state index contributed by atoms with van der Waals surface area (Å²) < 4.78 is 3.32. The zero-order chi connectivity index (χ0) is 23.9. The number of allylic oxidation sites excluding steroid dienone is 2. The lowest BCUT2D eigenvalue weighted by atomic mass is 10.1. The van der Waals surface area contributed by atoms with Crippen molar-refractivity contribution in [1.29, 1.82) is 0 Å². The molecule has 178 valence electrons. The molecule has 1 atom stereocenters. The Balaban J connectivity index is 1.26. The predicted molar refractivity (Wildman–Crippen MR) is 129 cm³/mol. The van der Waals surface area contributed by atoms with Crippen LogP contribution < -0.4 is 16.0 Å². The molecule has 1 aliphatic carbocycles. The minimum atomic E-state index is -0.933. The van der Waals surface area contributed by atoms with E-state index in [1.54, 1.807) is 21.6 Å². The number of aryl methyl sites for hydroxylation is 1. The smallest absolute Gasteiger partial charge is 0.251 e. The molecule has 1 aromatic carbocycles. The Labute approximate surface area is 197 Å². The fraction of sp³-hybridized carbons (Fsp3) is 0.333. The summed E-state index contributed by atoms with van der Waals surface area (Å²) in [7, 11) is 0. The molecule has 1 aliphatic rings. The van der Waals surface area contributed by atoms with Gasteiger partial charge in [-0.15, -0.1) is 0 Å². The lowest BCUT2D eigenvalue weighted by molar-refractivity contribution is -0.122. The number of hydrogen-bond acceptors (Lipinski definition) is 6. The molecule has 10 nitrogen and oxygen atoms in total. The Morgan fingerprint density at radius 3 is 2.74 bits per heavy atom. The molecule has 0 spiro atoms. The Morgan fingerprint density at radius 1 is 1.12 bits per heavy atom. The number of rotatable bonds is 10. The van der Waals surface area contributed by atoms with Crippen LogP contribution in [0.4, 0.5) is 5.69 Å². The number of aliphatic hydroxyl groups excluding tert-OH is 1. The number of carbonyl (C=O) groups is 2. The number of anilines is 1. The molecule has 2 aromatic heterocycles. The molecule has 0 saturated heterocycles. The third-order valence-electron chi connectivity index (χ3n) is 5.42. The molecule has 34 heavy (non-hydrogen) atoms. The molecule has 0 aliphatic heterocycles. The van der Waals surface area contributed by atoms with Gasteiger partial charge in [-0.05, 0) is 44.0 Å². The monoisotopic (exact) mass is 463 g/mol. The number of aliphatic hydroxyl groups is 1. The fourth-order valence-corrected chi connectivity index (χ4v) is 3.64. The van der Waals surface area contributed by atoms with Crippen LogP contribution in [-0.4, -0.2) is 49.6 Å². The average molecular weight is 464 g/mol. The Morgan fingerprint density at radius 2 is 1.97 bits per heavy atom. The highest BCUT2D eigenvalue weighted by atomic mass is 16.3. The Kier molecular flexibility index (Phi) is 7.38. The van der Waals surface area contributed by atoms with Gasteiger partial charge in [0.25, 0.3) is 5.91 Å². The minimum absolute atomic E-state index is 0.0658. The van der Waals surface area contributed by atoms with Gasteiger partial charge in [0, 0.05) is 48.7 Å². The summed E-state index contributed by atoms with van der Waals surface area (Å²) in [5, 5.41) is 28.6. The summed E-state index contributed by atoms with van der Waals surface area (Å²) in [5.74, 6) is -0.323. The maximum Gasteiger partial charge on any atom is 0.251 e. The molecule has 4 rings (SSSR count). The molecule has 1 unspecified atom stereocenters. The number of nitrogens with zero attached hydrogens (tertiary/aromatic N) is 4. The van der Waals surface area contributed by atoms with E-state index in [0.717, 1.165) is 30.3 Å². The molecule has 4 N–H and O–H groups in total. The minimum Gasteiger partial charge on any atom is -0.368 e. The number of hydrogen-bond donors (Lipinski definition) is 4. The highest BCUT2D eigenvalue weighted by Crippen LogP contribution is 2.21. The second-order valence-electron chi connectivity index (χ2n) is 7.99. The molecular weight excluding hydrogens is 434 g/mol. The largest absolute Gasteiger partial charge is 0.368 e. The van der Waals surface area contributed by atoms with E-state index in [2.05, 4.69) is 26.1 Å². The van der Waals surface area contributed by atoms with Crippen LogP contribution in [-0.2, 0) is 22.7 Å². The van der Waals surface area contributed by atoms with Crippen LogP contribution in [0.5, 0.6) is 0 Å². The van der Waals surface area contributed by atoms with Crippen molar-refractivity contribution >= 4 is 28.4 Å². The first kappa shape index (κ1) is 23.2. The van der Waals surface area contributed by atoms with Crippen molar-refractivity contribution in [3.8, 4) is 0 Å². The zero-order valence-electron chi connectivity index (χ0n) is 19.1. The predicted octanol–water partition coefficient (Wildman–Crippen LogP) is 1.86. The Bertz CT molecular complexity index is 1220. The molecule has 0 saturated carbocycles. The average Bonchev–Trinajstić information content (AvgIpc) is 3.48. The molecule has 2 heterocycles. The molecule has 0 fully saturated rings. The van der Waals surface area contributed by atoms with Crippen LogP contribution in [0.3, 0.4) is 0 Å². The van der Waals surface area contributed by atoms with E-state index < -0.39 is 6.23 Å². The quantitative estimate of drug-likeness (QED) is 0.269. The van der Waals surface area contributed by atoms with Crippen LogP contribution in [0.25, 0.3) is 10.9 Å². The van der Waals surface area contributed by atoms with E-state index in [0.29, 0.717) is 30.0 Å². The van der Waals surface area contributed by atoms with Crippen molar-refractivity contribution in [1.82, 2.24) is 30.2 Å². The fourth-order valence-electron chi connectivity index (χ4n) is 3.64. The van der Waals surface area contributed by atoms with Crippen LogP contribution >= 0.6 is 0 Å². The van der Waals surface area contributed by atoms with Crippen molar-refractivity contribution in [3.63, 3.8) is 0 Å². The molecule has 2 amide bonds. The number of aromatic nitrogens is 4. The van der Waals surface area contributed by atoms with E-state index in [4.69, 9.17) is 0 Å². The molecular formula is C24H29N7O3. The van der Waals surface area contributed by atoms with E-state index in [-0.39, 0.29) is 18.4 Å². The van der Waals surface area contributed by atoms with Gasteiger partial charge in [0.05, 0.1) is 5.52 Å². The third-order valence-corrected chi connectivity index (χ3v) is 5.42. The number of amides is 2. The SMILES string of the molecule is CCn1ccc(C(O)Nc2ccc3nn(CC(=O)NCCNC(=O)C4=CCCC=C4)cc3c2)n1. The number of carbonyl (C=O) groups excluding carboxylic acids is 2. The summed E-state index contributed by atoms with van der Waals surface area (Å²) >= 11 is 0. The first-order chi connectivity index (χ1) is 16.5. The van der Waals surface area contributed by atoms with Crippen LogP contribution in [0.15, 0.2) is 60.5 Å². The topological polar surface area (TPSA) is 126 Å². The van der Waals surface area contributed by atoms with E-state index in [1.165, 1.54) is 0 Å². The van der Waals surface area contributed by atoms with Gasteiger partial charge in [0.15, 0.2) is 6.23 Å². The summed E-state index contributed by atoms with van der Waals surface area (Å²) in [6, 6.07) is 7.28. The first-order valence-electron chi connectivity index (χ1n) is 11.4. The molecule has 0 bridgehead atoms. The van der Waals surface area contributed by atoms with E-state index in [9.17, 15) is 14.7 Å². The highest BCUT2D eigenvalue weighted by Gasteiger charge is 2.12. The summed E-state index contributed by atoms with van der Waals surface area (Å²) in [4.78, 5) is 24.3. The van der Waals surface area contributed by atoms with Crippen molar-refractivity contribution in [2.75, 3.05) is 18.4 Å². The highest BCUT2D eigenvalue weighted by molar-refractivity contribution is 5.96. The van der Waals surface area contributed by atoms with E-state index >= 15 is 0 Å². The lowest BCUT2D eigenvalue weighted by Gasteiger charge is -2.11. The van der Waals surface area contributed by atoms with Gasteiger partial charge in [0.1, 0.15) is 12.2 Å². The van der Waals surface area contributed by atoms with Crippen LogP contribution in [0.2, 0.25) is 0 Å². The van der Waals surface area contributed by atoms with Gasteiger partial charge in [-0.25, -0.2) is 0 Å². The van der Waals surface area contributed by atoms with Gasteiger partial charge >= 0.3 is 0 Å². The van der Waals surface area contributed by atoms with Crippen molar-refractivity contribution < 1.29 is 14.7 Å². The standard InChI is InChI=1S/C24H29N7O3/c1-2-30-13-10-21(29-30)24(34)27-19-8-9-20-18(14-19)15-31(28-20)16-22(32)25-11-12-26-23(33)17-6-4-3-5-7-17/h4,6-10,13-15,24,27,34H,2-3,5,11-12,16H2,1H3,(H,25,32)(H,26,33). The van der Waals surface area contributed by atoms with Crippen molar-refractivity contribution in [3.05, 3.63) is 66.2 Å². The summed E-state index contributed by atoms with van der Waals surface area (Å²) in [5.41, 5.74) is 2.66. The Hall–Kier alpha value is -3.92. The van der Waals surface area contributed by atoms with Crippen LogP contribution in [0.1, 0.15) is 31.7 Å². The molecule has 3 aromatic rings. The number of nitrogens with one attached hydrogen (secondary N) is 3. The van der Waals surface area contributed by atoms with Gasteiger partial charge < -0.3 is 21.1 Å². The summed E-state index contributed by atoms with van der Waals surface area (Å²) in [6.07, 6.45) is 10.2. The molecule has 0 radical (unpaired) electrons. The van der Waals surface area contributed by atoms with Gasteiger partial charge in [-0.2, -0.15) is 10.2 Å². The maximum absolute atomic E-state index is 12.3. The second-order valence-corrected chi connectivity index (χ2v) is 7.99. The normalized spacial score (nSPS) is 14.0. The van der Waals surface area contributed by atoms with Gasteiger partial charge in [0.2, 0.25) is 5.91 Å².